The lowest BCUT2D eigenvalue weighted by atomic mass is 9.95. The lowest BCUT2D eigenvalue weighted by molar-refractivity contribution is 0.209. The Hall–Kier alpha value is -1.00. The number of rotatable bonds is 3. The Morgan fingerprint density at radius 1 is 1.32 bits per heavy atom. The summed E-state index contributed by atoms with van der Waals surface area (Å²) in [5.41, 5.74) is 7.10. The van der Waals surface area contributed by atoms with Crippen LogP contribution in [0.3, 0.4) is 0 Å². The van der Waals surface area contributed by atoms with E-state index in [4.69, 9.17) is 11.1 Å². The average molecular weight is 275 g/mol. The topological polar surface area (TPSA) is 53.1 Å². The van der Waals surface area contributed by atoms with E-state index in [1.807, 2.05) is 11.8 Å². The first-order chi connectivity index (χ1) is 9.22. The minimum atomic E-state index is 0.324. The van der Waals surface area contributed by atoms with E-state index in [1.165, 1.54) is 23.4 Å². The van der Waals surface area contributed by atoms with Crippen LogP contribution >= 0.6 is 11.8 Å². The van der Waals surface area contributed by atoms with Crippen LogP contribution < -0.4 is 5.73 Å². The molecule has 3 nitrogen and oxygen atoms in total. The summed E-state index contributed by atoms with van der Waals surface area (Å²) in [4.78, 5) is 4.01. The molecule has 2 heterocycles. The fourth-order valence-corrected chi connectivity index (χ4v) is 4.44. The van der Waals surface area contributed by atoms with Gasteiger partial charge in [-0.3, -0.25) is 5.41 Å². The maximum Gasteiger partial charge on any atom is 0.0937 e. The average Bonchev–Trinajstić information content (AvgIpc) is 2.81. The van der Waals surface area contributed by atoms with Gasteiger partial charge in [-0.2, -0.15) is 0 Å². The van der Waals surface area contributed by atoms with E-state index >= 15 is 0 Å². The molecule has 1 aromatic rings. The molecule has 0 radical (unpaired) electrons. The van der Waals surface area contributed by atoms with Gasteiger partial charge in [0.05, 0.1) is 5.84 Å². The number of thioether (sulfide) groups is 1. The molecular formula is C15H21N3S. The highest BCUT2D eigenvalue weighted by Gasteiger charge is 2.27. The Bertz CT molecular complexity index is 441. The molecule has 4 heteroatoms. The van der Waals surface area contributed by atoms with E-state index in [-0.39, 0.29) is 0 Å². The van der Waals surface area contributed by atoms with E-state index in [0.29, 0.717) is 17.0 Å². The van der Waals surface area contributed by atoms with Gasteiger partial charge in [0.25, 0.3) is 0 Å². The molecule has 0 spiro atoms. The van der Waals surface area contributed by atoms with Gasteiger partial charge in [0.2, 0.25) is 0 Å². The molecule has 3 N–H and O–H groups in total. The molecule has 0 aromatic heterocycles. The molecule has 19 heavy (non-hydrogen) atoms. The first-order valence-corrected chi connectivity index (χ1v) is 7.91. The summed E-state index contributed by atoms with van der Waals surface area (Å²) in [7, 11) is 0. The SMILES string of the molecule is N=C(N)C1CCN(CC2Cc3ccccc3S2)CC1. The molecule has 0 bridgehead atoms. The Balaban J connectivity index is 1.51. The normalized spacial score (nSPS) is 24.3. The van der Waals surface area contributed by atoms with Crippen molar-refractivity contribution in [3.63, 3.8) is 0 Å². The van der Waals surface area contributed by atoms with Crippen LogP contribution in [0, 0.1) is 11.3 Å². The van der Waals surface area contributed by atoms with Crippen LogP contribution in [-0.4, -0.2) is 35.6 Å². The summed E-state index contributed by atoms with van der Waals surface area (Å²) in [6.07, 6.45) is 3.31. The molecule has 2 aliphatic heterocycles. The monoisotopic (exact) mass is 275 g/mol. The summed E-state index contributed by atoms with van der Waals surface area (Å²) in [5.74, 6) is 0.701. The minimum absolute atomic E-state index is 0.324. The standard InChI is InChI=1S/C15H21N3S/c16-15(17)11-5-7-18(8-6-11)10-13-9-12-3-1-2-4-14(12)19-13/h1-4,11,13H,5-10H2,(H3,16,17). The summed E-state index contributed by atoms with van der Waals surface area (Å²) < 4.78 is 0. The number of nitrogens with one attached hydrogen (secondary N) is 1. The van der Waals surface area contributed by atoms with Gasteiger partial charge < -0.3 is 10.6 Å². The van der Waals surface area contributed by atoms with Crippen LogP contribution in [-0.2, 0) is 6.42 Å². The van der Waals surface area contributed by atoms with E-state index in [9.17, 15) is 0 Å². The maximum absolute atomic E-state index is 7.52. The molecule has 0 amide bonds. The predicted molar refractivity (Wildman–Crippen MR) is 80.9 cm³/mol. The lowest BCUT2D eigenvalue weighted by Gasteiger charge is -2.32. The first kappa shape index (κ1) is 13.0. The lowest BCUT2D eigenvalue weighted by Crippen LogP contribution is -2.41. The van der Waals surface area contributed by atoms with Gasteiger partial charge in [0.15, 0.2) is 0 Å². The van der Waals surface area contributed by atoms with Crippen molar-refractivity contribution in [2.24, 2.45) is 11.7 Å². The van der Waals surface area contributed by atoms with Crippen molar-refractivity contribution in [2.75, 3.05) is 19.6 Å². The predicted octanol–water partition coefficient (Wildman–Crippen LogP) is 2.35. The molecule has 1 atom stereocenters. The van der Waals surface area contributed by atoms with Crippen LogP contribution in [0.5, 0.6) is 0 Å². The summed E-state index contributed by atoms with van der Waals surface area (Å²) in [6, 6.07) is 8.76. The Kier molecular flexibility index (Phi) is 3.80. The molecule has 2 aliphatic rings. The van der Waals surface area contributed by atoms with Gasteiger partial charge in [-0.05, 0) is 44.0 Å². The number of fused-ring (bicyclic) bond motifs is 1. The van der Waals surface area contributed by atoms with Gasteiger partial charge in [0.1, 0.15) is 0 Å². The number of piperidine rings is 1. The number of amidine groups is 1. The van der Waals surface area contributed by atoms with Crippen molar-refractivity contribution in [1.29, 1.82) is 5.41 Å². The highest BCUT2D eigenvalue weighted by molar-refractivity contribution is 8.00. The Morgan fingerprint density at radius 3 is 2.74 bits per heavy atom. The minimum Gasteiger partial charge on any atom is -0.387 e. The second kappa shape index (κ2) is 5.55. The molecular weight excluding hydrogens is 254 g/mol. The Labute approximate surface area is 119 Å². The van der Waals surface area contributed by atoms with Crippen molar-refractivity contribution in [3.8, 4) is 0 Å². The zero-order chi connectivity index (χ0) is 13.2. The summed E-state index contributed by atoms with van der Waals surface area (Å²) in [5, 5.41) is 8.22. The fourth-order valence-electron chi connectivity index (χ4n) is 3.07. The third-order valence-corrected chi connectivity index (χ3v) is 5.50. The van der Waals surface area contributed by atoms with Gasteiger partial charge in [0, 0.05) is 22.6 Å². The highest BCUT2D eigenvalue weighted by atomic mass is 32.2. The zero-order valence-electron chi connectivity index (χ0n) is 11.1. The van der Waals surface area contributed by atoms with Crippen molar-refractivity contribution in [3.05, 3.63) is 29.8 Å². The van der Waals surface area contributed by atoms with E-state index in [0.717, 1.165) is 25.9 Å². The summed E-state index contributed by atoms with van der Waals surface area (Å²) in [6.45, 7) is 3.36. The maximum atomic E-state index is 7.52. The smallest absolute Gasteiger partial charge is 0.0937 e. The molecule has 0 aliphatic carbocycles. The van der Waals surface area contributed by atoms with Crippen molar-refractivity contribution in [1.82, 2.24) is 4.90 Å². The van der Waals surface area contributed by atoms with Crippen LogP contribution in [0.4, 0.5) is 0 Å². The molecule has 1 aromatic carbocycles. The second-order valence-corrected chi connectivity index (χ2v) is 6.92. The van der Waals surface area contributed by atoms with Crippen molar-refractivity contribution >= 4 is 17.6 Å². The van der Waals surface area contributed by atoms with Crippen LogP contribution in [0.25, 0.3) is 0 Å². The first-order valence-electron chi connectivity index (χ1n) is 7.03. The van der Waals surface area contributed by atoms with Crippen LogP contribution in [0.1, 0.15) is 18.4 Å². The molecule has 3 rings (SSSR count). The summed E-state index contributed by atoms with van der Waals surface area (Å²) >= 11 is 2.03. The Morgan fingerprint density at radius 2 is 2.05 bits per heavy atom. The molecule has 0 saturated carbocycles. The fraction of sp³-hybridized carbons (Fsp3) is 0.533. The molecule has 1 fully saturated rings. The number of hydrogen-bond acceptors (Lipinski definition) is 3. The number of likely N-dealkylation sites (tertiary alicyclic amines) is 1. The molecule has 1 saturated heterocycles. The highest BCUT2D eigenvalue weighted by Crippen LogP contribution is 2.37. The third-order valence-electron chi connectivity index (χ3n) is 4.20. The van der Waals surface area contributed by atoms with Crippen LogP contribution in [0.2, 0.25) is 0 Å². The van der Waals surface area contributed by atoms with Crippen molar-refractivity contribution in [2.45, 2.75) is 29.4 Å². The van der Waals surface area contributed by atoms with Gasteiger partial charge in [-0.1, -0.05) is 18.2 Å². The van der Waals surface area contributed by atoms with Gasteiger partial charge in [-0.25, -0.2) is 0 Å². The number of nitrogens with zero attached hydrogens (tertiary/aromatic N) is 1. The van der Waals surface area contributed by atoms with Crippen molar-refractivity contribution < 1.29 is 0 Å². The van der Waals surface area contributed by atoms with Gasteiger partial charge in [-0.15, -0.1) is 11.8 Å². The second-order valence-electron chi connectivity index (χ2n) is 5.58. The molecule has 102 valence electrons. The van der Waals surface area contributed by atoms with E-state index < -0.39 is 0 Å². The largest absolute Gasteiger partial charge is 0.387 e. The number of hydrogen-bond donors (Lipinski definition) is 2. The van der Waals surface area contributed by atoms with E-state index in [2.05, 4.69) is 29.2 Å². The zero-order valence-corrected chi connectivity index (χ0v) is 12.0. The third kappa shape index (κ3) is 2.95. The van der Waals surface area contributed by atoms with Crippen LogP contribution in [0.15, 0.2) is 29.2 Å². The van der Waals surface area contributed by atoms with Gasteiger partial charge >= 0.3 is 0 Å². The quantitative estimate of drug-likeness (QED) is 0.657. The number of nitrogens with two attached hydrogens (primary N) is 1. The molecule has 1 unspecified atom stereocenters. The van der Waals surface area contributed by atoms with E-state index in [1.54, 1.807) is 0 Å². The number of benzene rings is 1.